The first-order valence-electron chi connectivity index (χ1n) is 10.4. The van der Waals surface area contributed by atoms with Gasteiger partial charge in [-0.05, 0) is 25.5 Å². The SMILES string of the molecule is COc1ccc(CNC(=O)n2cc(-c3cc(OCC(C)(C)O)cn4ncc(C#N)c34)cn2)cn1. The fourth-order valence-corrected chi connectivity index (χ4v) is 3.21. The summed E-state index contributed by atoms with van der Waals surface area (Å²) < 4.78 is 13.5. The molecule has 34 heavy (non-hydrogen) atoms. The second-order valence-electron chi connectivity index (χ2n) is 8.19. The third kappa shape index (κ3) is 4.97. The number of ether oxygens (including phenoxy) is 2. The highest BCUT2D eigenvalue weighted by molar-refractivity contribution is 5.86. The van der Waals surface area contributed by atoms with Gasteiger partial charge in [0.15, 0.2) is 0 Å². The lowest BCUT2D eigenvalue weighted by molar-refractivity contribution is 0.0283. The average molecular weight is 461 g/mol. The molecule has 0 bridgehead atoms. The quantitative estimate of drug-likeness (QED) is 0.428. The molecule has 0 aliphatic rings. The molecule has 174 valence electrons. The Labute approximate surface area is 195 Å². The van der Waals surface area contributed by atoms with E-state index in [9.17, 15) is 15.2 Å². The molecule has 0 aliphatic carbocycles. The molecule has 4 aromatic rings. The van der Waals surface area contributed by atoms with Crippen LogP contribution in [0.3, 0.4) is 0 Å². The summed E-state index contributed by atoms with van der Waals surface area (Å²) in [5.41, 5.74) is 1.91. The van der Waals surface area contributed by atoms with Crippen molar-refractivity contribution >= 4 is 11.5 Å². The van der Waals surface area contributed by atoms with Crippen LogP contribution < -0.4 is 14.8 Å². The Morgan fingerprint density at radius 1 is 1.24 bits per heavy atom. The van der Waals surface area contributed by atoms with Crippen LogP contribution in [0.25, 0.3) is 16.6 Å². The number of rotatable bonds is 7. The molecule has 2 N–H and O–H groups in total. The van der Waals surface area contributed by atoms with Crippen LogP contribution >= 0.6 is 0 Å². The van der Waals surface area contributed by atoms with Crippen LogP contribution in [0.15, 0.2) is 49.2 Å². The first-order chi connectivity index (χ1) is 16.3. The Morgan fingerprint density at radius 3 is 2.74 bits per heavy atom. The minimum atomic E-state index is -1.03. The van der Waals surface area contributed by atoms with Gasteiger partial charge in [0.25, 0.3) is 0 Å². The predicted octanol–water partition coefficient (Wildman–Crippen LogP) is 2.38. The Bertz CT molecular complexity index is 1360. The second kappa shape index (κ2) is 9.21. The van der Waals surface area contributed by atoms with E-state index in [1.807, 2.05) is 0 Å². The van der Waals surface area contributed by atoms with Gasteiger partial charge in [0.2, 0.25) is 5.88 Å². The molecule has 4 heterocycles. The highest BCUT2D eigenvalue weighted by Gasteiger charge is 2.18. The van der Waals surface area contributed by atoms with Crippen molar-refractivity contribution in [3.8, 4) is 28.8 Å². The Hall–Kier alpha value is -4.43. The van der Waals surface area contributed by atoms with Gasteiger partial charge in [0.05, 0.1) is 42.4 Å². The van der Waals surface area contributed by atoms with E-state index in [1.54, 1.807) is 50.6 Å². The zero-order valence-corrected chi connectivity index (χ0v) is 18.9. The summed E-state index contributed by atoms with van der Waals surface area (Å²) in [7, 11) is 1.53. The number of nitriles is 1. The summed E-state index contributed by atoms with van der Waals surface area (Å²) >= 11 is 0. The number of nitrogens with one attached hydrogen (secondary N) is 1. The van der Waals surface area contributed by atoms with Crippen LogP contribution in [0.4, 0.5) is 4.79 Å². The number of amides is 1. The minimum absolute atomic E-state index is 0.0617. The normalized spacial score (nSPS) is 11.3. The van der Waals surface area contributed by atoms with E-state index in [1.165, 1.54) is 28.7 Å². The zero-order chi connectivity index (χ0) is 24.3. The summed E-state index contributed by atoms with van der Waals surface area (Å²) in [6.45, 7) is 3.60. The number of aromatic nitrogens is 5. The Morgan fingerprint density at radius 2 is 2.06 bits per heavy atom. The molecular formula is C23H23N7O4. The maximum atomic E-state index is 12.6. The molecule has 0 aromatic carbocycles. The number of aliphatic hydroxyl groups is 1. The highest BCUT2D eigenvalue weighted by atomic mass is 16.5. The number of nitrogens with zero attached hydrogens (tertiary/aromatic N) is 6. The van der Waals surface area contributed by atoms with E-state index in [0.717, 1.165) is 5.56 Å². The summed E-state index contributed by atoms with van der Waals surface area (Å²) in [6, 6.07) is 6.94. The van der Waals surface area contributed by atoms with Crippen molar-refractivity contribution in [1.29, 1.82) is 5.26 Å². The first-order valence-corrected chi connectivity index (χ1v) is 10.4. The van der Waals surface area contributed by atoms with Crippen LogP contribution in [0, 0.1) is 11.3 Å². The molecule has 11 heteroatoms. The van der Waals surface area contributed by atoms with Crippen molar-refractivity contribution in [2.75, 3.05) is 13.7 Å². The fraction of sp³-hybridized carbons (Fsp3) is 0.261. The zero-order valence-electron chi connectivity index (χ0n) is 18.9. The van der Waals surface area contributed by atoms with Crippen molar-refractivity contribution in [1.82, 2.24) is 29.7 Å². The number of fused-ring (bicyclic) bond motifs is 1. The van der Waals surface area contributed by atoms with Gasteiger partial charge < -0.3 is 19.9 Å². The molecule has 0 saturated carbocycles. The van der Waals surface area contributed by atoms with Gasteiger partial charge in [-0.3, -0.25) is 0 Å². The van der Waals surface area contributed by atoms with Crippen molar-refractivity contribution < 1.29 is 19.4 Å². The van der Waals surface area contributed by atoms with E-state index in [0.29, 0.717) is 33.8 Å². The third-order valence-corrected chi connectivity index (χ3v) is 4.85. The minimum Gasteiger partial charge on any atom is -0.489 e. The van der Waals surface area contributed by atoms with Crippen molar-refractivity contribution in [3.63, 3.8) is 0 Å². The van der Waals surface area contributed by atoms with Gasteiger partial charge in [-0.2, -0.15) is 20.1 Å². The summed E-state index contributed by atoms with van der Waals surface area (Å²) in [5, 5.41) is 30.7. The summed E-state index contributed by atoms with van der Waals surface area (Å²) in [4.78, 5) is 16.7. The van der Waals surface area contributed by atoms with Gasteiger partial charge in [-0.15, -0.1) is 0 Å². The summed E-state index contributed by atoms with van der Waals surface area (Å²) in [5.74, 6) is 0.935. The smallest absolute Gasteiger partial charge is 0.342 e. The summed E-state index contributed by atoms with van der Waals surface area (Å²) in [6.07, 6.45) is 7.79. The lowest BCUT2D eigenvalue weighted by Crippen LogP contribution is -2.28. The van der Waals surface area contributed by atoms with E-state index < -0.39 is 11.6 Å². The molecule has 0 fully saturated rings. The van der Waals surface area contributed by atoms with Gasteiger partial charge >= 0.3 is 6.03 Å². The van der Waals surface area contributed by atoms with E-state index in [4.69, 9.17) is 9.47 Å². The van der Waals surface area contributed by atoms with E-state index >= 15 is 0 Å². The lowest BCUT2D eigenvalue weighted by atomic mass is 10.1. The molecule has 0 saturated heterocycles. The van der Waals surface area contributed by atoms with E-state index in [2.05, 4.69) is 26.6 Å². The maximum Gasteiger partial charge on any atom is 0.342 e. The van der Waals surface area contributed by atoms with Crippen molar-refractivity contribution in [3.05, 3.63) is 60.3 Å². The van der Waals surface area contributed by atoms with E-state index in [-0.39, 0.29) is 13.2 Å². The monoisotopic (exact) mass is 461 g/mol. The predicted molar refractivity (Wildman–Crippen MR) is 121 cm³/mol. The third-order valence-electron chi connectivity index (χ3n) is 4.85. The number of carbonyl (C=O) groups excluding carboxylic acids is 1. The lowest BCUT2D eigenvalue weighted by Gasteiger charge is -2.18. The topological polar surface area (TPSA) is 140 Å². The van der Waals surface area contributed by atoms with Crippen LogP contribution in [0.5, 0.6) is 11.6 Å². The number of pyridine rings is 2. The molecule has 0 radical (unpaired) electrons. The fourth-order valence-electron chi connectivity index (χ4n) is 3.21. The van der Waals surface area contributed by atoms with Crippen LogP contribution in [-0.4, -0.2) is 54.8 Å². The standard InChI is InChI=1S/C23H23N7O4/c1-23(2,32)14-34-18-6-19(21-16(7-24)10-27-29(21)13-18)17-11-28-30(12-17)22(31)26-9-15-4-5-20(33-3)25-8-15/h4-6,8,10-13,32H,9,14H2,1-3H3,(H,26,31). The molecule has 4 rings (SSSR count). The molecule has 0 unspecified atom stereocenters. The number of hydrogen-bond acceptors (Lipinski definition) is 8. The molecule has 4 aromatic heterocycles. The van der Waals surface area contributed by atoms with Crippen molar-refractivity contribution in [2.24, 2.45) is 0 Å². The molecule has 0 atom stereocenters. The highest BCUT2D eigenvalue weighted by Crippen LogP contribution is 2.31. The van der Waals surface area contributed by atoms with Gasteiger partial charge in [0, 0.05) is 36.1 Å². The number of hydrogen-bond donors (Lipinski definition) is 2. The van der Waals surface area contributed by atoms with Gasteiger partial charge in [-0.25, -0.2) is 14.3 Å². The second-order valence-corrected chi connectivity index (χ2v) is 8.19. The number of carbonyl (C=O) groups is 1. The molecule has 11 nitrogen and oxygen atoms in total. The molecule has 0 spiro atoms. The van der Waals surface area contributed by atoms with Crippen LogP contribution in [-0.2, 0) is 6.54 Å². The first kappa shape index (κ1) is 22.8. The van der Waals surface area contributed by atoms with Gasteiger partial charge in [0.1, 0.15) is 18.4 Å². The van der Waals surface area contributed by atoms with Crippen molar-refractivity contribution in [2.45, 2.75) is 26.0 Å². The number of methoxy groups -OCH3 is 1. The Balaban J connectivity index is 1.59. The van der Waals surface area contributed by atoms with Crippen LogP contribution in [0.1, 0.15) is 25.0 Å². The molecule has 0 aliphatic heterocycles. The van der Waals surface area contributed by atoms with Crippen LogP contribution in [0.2, 0.25) is 0 Å². The van der Waals surface area contributed by atoms with Gasteiger partial charge in [-0.1, -0.05) is 6.07 Å². The Kier molecular flexibility index (Phi) is 6.16. The molecule has 1 amide bonds. The molecular weight excluding hydrogens is 438 g/mol. The largest absolute Gasteiger partial charge is 0.489 e. The average Bonchev–Trinajstić information content (AvgIpc) is 3.48. The maximum absolute atomic E-state index is 12.6.